The minimum absolute atomic E-state index is 0.791. The molecule has 0 aliphatic heterocycles. The van der Waals surface area contributed by atoms with Crippen LogP contribution in [0.2, 0.25) is 0 Å². The highest BCUT2D eigenvalue weighted by molar-refractivity contribution is 5.27. The molecule has 0 aromatic carbocycles. The molecule has 2 aliphatic rings. The molecule has 14 heavy (non-hydrogen) atoms. The summed E-state index contributed by atoms with van der Waals surface area (Å²) >= 11 is 0. The molecule has 0 bridgehead atoms. The third-order valence-electron chi connectivity index (χ3n) is 3.22. The predicted molar refractivity (Wildman–Crippen MR) is 56.6 cm³/mol. The summed E-state index contributed by atoms with van der Waals surface area (Å²) in [6.07, 6.45) is 6.96. The van der Waals surface area contributed by atoms with E-state index < -0.39 is 0 Å². The van der Waals surface area contributed by atoms with Crippen LogP contribution in [-0.4, -0.2) is 7.05 Å². The second-order valence-electron chi connectivity index (χ2n) is 4.05. The summed E-state index contributed by atoms with van der Waals surface area (Å²) in [5, 5.41) is 7.49. The molecule has 0 saturated heterocycles. The van der Waals surface area contributed by atoms with Crippen LogP contribution < -0.4 is 5.43 Å². The van der Waals surface area contributed by atoms with Crippen LogP contribution in [0.3, 0.4) is 0 Å². The van der Waals surface area contributed by atoms with E-state index in [1.165, 1.54) is 24.1 Å². The molecule has 2 unspecified atom stereocenters. The summed E-state index contributed by atoms with van der Waals surface area (Å²) in [7, 11) is 1.68. The maximum atomic E-state index is 4.10. The van der Waals surface area contributed by atoms with Gasteiger partial charge in [-0.3, -0.25) is 5.43 Å². The van der Waals surface area contributed by atoms with Gasteiger partial charge in [0, 0.05) is 5.70 Å². The fourth-order valence-corrected chi connectivity index (χ4v) is 2.28. The van der Waals surface area contributed by atoms with Crippen molar-refractivity contribution in [1.82, 2.24) is 5.43 Å². The van der Waals surface area contributed by atoms with Crippen molar-refractivity contribution in [3.05, 3.63) is 23.9 Å². The van der Waals surface area contributed by atoms with Crippen molar-refractivity contribution in [2.75, 3.05) is 7.05 Å². The summed E-state index contributed by atoms with van der Waals surface area (Å²) in [6, 6.07) is 0. The molecule has 0 heterocycles. The van der Waals surface area contributed by atoms with Crippen LogP contribution >= 0.6 is 0 Å². The Kier molecular flexibility index (Phi) is 2.66. The Bertz CT molecular complexity index is 291. The quantitative estimate of drug-likeness (QED) is 0.406. The fraction of sp³-hybridized carbons (Fsp3) is 0.636. The number of rotatable bonds is 2. The Morgan fingerprint density at radius 2 is 2.21 bits per heavy atom. The van der Waals surface area contributed by atoms with E-state index in [1.54, 1.807) is 7.05 Å². The number of nitrogens with one attached hydrogen (secondary N) is 1. The lowest BCUT2D eigenvalue weighted by Crippen LogP contribution is -2.06. The van der Waals surface area contributed by atoms with Gasteiger partial charge in [0.05, 0.1) is 7.05 Å². The molecule has 76 valence electrons. The monoisotopic (exact) mass is 191 g/mol. The second-order valence-corrected chi connectivity index (χ2v) is 4.05. The van der Waals surface area contributed by atoms with Gasteiger partial charge in [0.2, 0.25) is 0 Å². The zero-order valence-corrected chi connectivity index (χ0v) is 8.66. The summed E-state index contributed by atoms with van der Waals surface area (Å²) in [5.41, 5.74) is 5.67. The molecule has 1 fully saturated rings. The molecule has 3 nitrogen and oxygen atoms in total. The van der Waals surface area contributed by atoms with E-state index in [0.29, 0.717) is 0 Å². The minimum Gasteiger partial charge on any atom is -0.265 e. The van der Waals surface area contributed by atoms with Crippen molar-refractivity contribution in [1.29, 1.82) is 0 Å². The Hall–Kier alpha value is -1.12. The molecule has 0 amide bonds. The van der Waals surface area contributed by atoms with E-state index in [4.69, 9.17) is 0 Å². The van der Waals surface area contributed by atoms with Crippen LogP contribution in [0.1, 0.15) is 25.7 Å². The Morgan fingerprint density at radius 1 is 1.43 bits per heavy atom. The number of allylic oxidation sites excluding steroid dienone is 3. The summed E-state index contributed by atoms with van der Waals surface area (Å²) in [4.78, 5) is 0. The van der Waals surface area contributed by atoms with Gasteiger partial charge < -0.3 is 0 Å². The van der Waals surface area contributed by atoms with Crippen molar-refractivity contribution in [3.63, 3.8) is 0 Å². The van der Waals surface area contributed by atoms with Gasteiger partial charge in [-0.15, -0.1) is 0 Å². The van der Waals surface area contributed by atoms with Gasteiger partial charge in [0.1, 0.15) is 0 Å². The minimum atomic E-state index is 0.791. The zero-order chi connectivity index (χ0) is 9.97. The Balaban J connectivity index is 1.91. The molecule has 1 saturated carbocycles. The summed E-state index contributed by atoms with van der Waals surface area (Å²) < 4.78 is 0. The molecule has 1 N–H and O–H groups in total. The maximum Gasteiger partial charge on any atom is 0.0509 e. The third-order valence-corrected chi connectivity index (χ3v) is 3.22. The highest BCUT2D eigenvalue weighted by Crippen LogP contribution is 2.51. The van der Waals surface area contributed by atoms with Crippen LogP contribution in [0.5, 0.6) is 0 Å². The lowest BCUT2D eigenvalue weighted by molar-refractivity contribution is 0.572. The third kappa shape index (κ3) is 1.86. The molecule has 3 heteroatoms. The van der Waals surface area contributed by atoms with E-state index in [1.807, 2.05) is 0 Å². The number of fused-ring (bicyclic) bond motifs is 1. The summed E-state index contributed by atoms with van der Waals surface area (Å²) in [6.45, 7) is 4.10. The normalized spacial score (nSPS) is 35.5. The molecule has 2 aliphatic carbocycles. The number of hydrogen-bond acceptors (Lipinski definition) is 2. The Morgan fingerprint density at radius 3 is 3.00 bits per heavy atom. The lowest BCUT2D eigenvalue weighted by atomic mass is 10.0. The van der Waals surface area contributed by atoms with Crippen LogP contribution in [0.25, 0.3) is 0 Å². The van der Waals surface area contributed by atoms with Gasteiger partial charge in [0.25, 0.3) is 0 Å². The van der Waals surface area contributed by atoms with E-state index >= 15 is 0 Å². The van der Waals surface area contributed by atoms with E-state index in [0.717, 1.165) is 24.7 Å². The molecule has 0 spiro atoms. The van der Waals surface area contributed by atoms with Gasteiger partial charge >= 0.3 is 0 Å². The largest absolute Gasteiger partial charge is 0.265 e. The standard InChI is InChI=1S/C11H17N3/c1-8-10-5-3-4-9(13-14-12-2)6-7-11(8)10/h4,10-11H,1,3,5-7H2,2H3,(H,12,13)/b9-4+. The van der Waals surface area contributed by atoms with Crippen molar-refractivity contribution < 1.29 is 0 Å². The van der Waals surface area contributed by atoms with Crippen molar-refractivity contribution in [3.8, 4) is 0 Å². The first-order chi connectivity index (χ1) is 6.83. The fourth-order valence-electron chi connectivity index (χ4n) is 2.28. The molecule has 2 rings (SSSR count). The van der Waals surface area contributed by atoms with E-state index in [-0.39, 0.29) is 0 Å². The SMILES string of the molecule is C=C1C2CC/C=C(/NN=NC)CCC12. The zero-order valence-electron chi connectivity index (χ0n) is 8.66. The molecule has 0 aromatic heterocycles. The Labute approximate surface area is 85.0 Å². The average molecular weight is 191 g/mol. The molecule has 0 radical (unpaired) electrons. The van der Waals surface area contributed by atoms with E-state index in [2.05, 4.69) is 28.4 Å². The van der Waals surface area contributed by atoms with Crippen molar-refractivity contribution >= 4 is 0 Å². The van der Waals surface area contributed by atoms with Crippen LogP contribution in [0, 0.1) is 11.8 Å². The number of hydrogen-bond donors (Lipinski definition) is 1. The van der Waals surface area contributed by atoms with Gasteiger partial charge in [-0.2, -0.15) is 5.11 Å². The molecule has 0 aromatic rings. The first-order valence-corrected chi connectivity index (χ1v) is 5.25. The highest BCUT2D eigenvalue weighted by Gasteiger charge is 2.41. The first-order valence-electron chi connectivity index (χ1n) is 5.25. The highest BCUT2D eigenvalue weighted by atomic mass is 15.4. The maximum absolute atomic E-state index is 4.10. The molecule has 2 atom stereocenters. The van der Waals surface area contributed by atoms with Gasteiger partial charge in [0.15, 0.2) is 0 Å². The van der Waals surface area contributed by atoms with Crippen LogP contribution in [-0.2, 0) is 0 Å². The topological polar surface area (TPSA) is 36.8 Å². The average Bonchev–Trinajstić information content (AvgIpc) is 2.73. The first kappa shape index (κ1) is 9.44. The second kappa shape index (κ2) is 3.95. The van der Waals surface area contributed by atoms with Crippen LogP contribution in [0.15, 0.2) is 34.3 Å². The van der Waals surface area contributed by atoms with Gasteiger partial charge in [-0.05, 0) is 37.5 Å². The number of nitrogens with zero attached hydrogens (tertiary/aromatic N) is 2. The van der Waals surface area contributed by atoms with Gasteiger partial charge in [-0.1, -0.05) is 23.5 Å². The predicted octanol–water partition coefficient (Wildman–Crippen LogP) is 2.83. The van der Waals surface area contributed by atoms with Crippen molar-refractivity contribution in [2.45, 2.75) is 25.7 Å². The molecular formula is C11H17N3. The van der Waals surface area contributed by atoms with E-state index in [9.17, 15) is 0 Å². The molecular weight excluding hydrogens is 174 g/mol. The summed E-state index contributed by atoms with van der Waals surface area (Å²) in [5.74, 6) is 1.61. The van der Waals surface area contributed by atoms with Crippen molar-refractivity contribution in [2.24, 2.45) is 22.2 Å². The van der Waals surface area contributed by atoms with Gasteiger partial charge in [-0.25, -0.2) is 0 Å². The lowest BCUT2D eigenvalue weighted by Gasteiger charge is -2.08. The smallest absolute Gasteiger partial charge is 0.0509 e. The van der Waals surface area contributed by atoms with Crippen LogP contribution in [0.4, 0.5) is 0 Å².